The second kappa shape index (κ2) is 11.9. The monoisotopic (exact) mass is 360 g/mol. The zero-order valence-corrected chi connectivity index (χ0v) is 15.9. The maximum Gasteiger partial charge on any atom is 0.245 e. The molecule has 0 saturated carbocycles. The van der Waals surface area contributed by atoms with E-state index in [1.807, 2.05) is 56.3 Å². The molecule has 0 unspecified atom stereocenters. The van der Waals surface area contributed by atoms with E-state index in [2.05, 4.69) is 10.6 Å². The summed E-state index contributed by atoms with van der Waals surface area (Å²) in [6.45, 7) is 6.30. The molecule has 1 atom stereocenters. The zero-order valence-electron chi connectivity index (χ0n) is 15.9. The highest BCUT2D eigenvalue weighted by atomic mass is 16.5. The molecular formula is C20H28N2O4. The first kappa shape index (κ1) is 21.4. The third kappa shape index (κ3) is 7.98. The summed E-state index contributed by atoms with van der Waals surface area (Å²) in [5, 5.41) is 5.35. The normalized spacial score (nSPS) is 12.7. The lowest BCUT2D eigenvalue weighted by Gasteiger charge is -2.16. The van der Waals surface area contributed by atoms with E-state index in [0.29, 0.717) is 13.2 Å². The first-order valence-corrected chi connectivity index (χ1v) is 8.53. The van der Waals surface area contributed by atoms with Crippen molar-refractivity contribution in [2.75, 3.05) is 20.3 Å². The van der Waals surface area contributed by atoms with Gasteiger partial charge in [0.1, 0.15) is 18.4 Å². The van der Waals surface area contributed by atoms with Gasteiger partial charge in [0.05, 0.1) is 6.61 Å². The molecule has 6 nitrogen and oxygen atoms in total. The minimum Gasteiger partial charge on any atom is -0.489 e. The van der Waals surface area contributed by atoms with Gasteiger partial charge in [0.2, 0.25) is 11.8 Å². The first-order valence-electron chi connectivity index (χ1n) is 8.53. The number of hydrogen-bond donors (Lipinski definition) is 2. The Hall–Kier alpha value is -2.60. The van der Waals surface area contributed by atoms with Crippen molar-refractivity contribution < 1.29 is 19.1 Å². The molecule has 0 aliphatic rings. The SMILES string of the molecule is C/C=C\C(=C/C)COc1ccc(CNC(=O)[C@@H](COC)NC(C)=O)cc1. The van der Waals surface area contributed by atoms with Crippen molar-refractivity contribution in [2.24, 2.45) is 0 Å². The van der Waals surface area contributed by atoms with Crippen molar-refractivity contribution in [2.45, 2.75) is 33.4 Å². The molecule has 26 heavy (non-hydrogen) atoms. The number of nitrogens with one attached hydrogen (secondary N) is 2. The summed E-state index contributed by atoms with van der Waals surface area (Å²) < 4.78 is 10.7. The quantitative estimate of drug-likeness (QED) is 0.628. The molecule has 6 heteroatoms. The molecule has 0 saturated heterocycles. The first-order chi connectivity index (χ1) is 12.5. The van der Waals surface area contributed by atoms with Crippen LogP contribution in [0.1, 0.15) is 26.3 Å². The van der Waals surface area contributed by atoms with Crippen LogP contribution in [0.2, 0.25) is 0 Å². The van der Waals surface area contributed by atoms with E-state index in [0.717, 1.165) is 16.9 Å². The fourth-order valence-electron chi connectivity index (χ4n) is 2.22. The summed E-state index contributed by atoms with van der Waals surface area (Å²) in [5.41, 5.74) is 2.04. The summed E-state index contributed by atoms with van der Waals surface area (Å²) in [7, 11) is 1.48. The van der Waals surface area contributed by atoms with Gasteiger partial charge in [-0.3, -0.25) is 9.59 Å². The summed E-state index contributed by atoms with van der Waals surface area (Å²) in [6, 6.07) is 6.82. The second-order valence-electron chi connectivity index (χ2n) is 5.72. The number of methoxy groups -OCH3 is 1. The van der Waals surface area contributed by atoms with Crippen LogP contribution in [0.15, 0.2) is 48.1 Å². The van der Waals surface area contributed by atoms with Crippen LogP contribution in [0.3, 0.4) is 0 Å². The minimum atomic E-state index is -0.703. The van der Waals surface area contributed by atoms with Crippen LogP contribution in [-0.4, -0.2) is 38.2 Å². The van der Waals surface area contributed by atoms with E-state index in [-0.39, 0.29) is 18.4 Å². The molecule has 0 heterocycles. The maximum absolute atomic E-state index is 12.1. The zero-order chi connectivity index (χ0) is 19.4. The molecule has 142 valence electrons. The molecule has 0 aliphatic carbocycles. The van der Waals surface area contributed by atoms with Crippen molar-refractivity contribution in [3.05, 3.63) is 53.6 Å². The van der Waals surface area contributed by atoms with Crippen LogP contribution in [0, 0.1) is 0 Å². The van der Waals surface area contributed by atoms with Gasteiger partial charge in [0.25, 0.3) is 0 Å². The van der Waals surface area contributed by atoms with Gasteiger partial charge in [-0.05, 0) is 37.1 Å². The van der Waals surface area contributed by atoms with E-state index in [1.54, 1.807) is 0 Å². The lowest BCUT2D eigenvalue weighted by atomic mass is 10.2. The molecule has 0 aromatic heterocycles. The molecular weight excluding hydrogens is 332 g/mol. The van der Waals surface area contributed by atoms with E-state index >= 15 is 0 Å². The van der Waals surface area contributed by atoms with Crippen molar-refractivity contribution in [3.63, 3.8) is 0 Å². The highest BCUT2D eigenvalue weighted by Gasteiger charge is 2.18. The molecule has 0 bridgehead atoms. The van der Waals surface area contributed by atoms with Crippen molar-refractivity contribution in [1.29, 1.82) is 0 Å². The average molecular weight is 360 g/mol. The van der Waals surface area contributed by atoms with Crippen LogP contribution in [0.5, 0.6) is 5.75 Å². The van der Waals surface area contributed by atoms with Gasteiger partial charge >= 0.3 is 0 Å². The lowest BCUT2D eigenvalue weighted by molar-refractivity contribution is -0.129. The van der Waals surface area contributed by atoms with Gasteiger partial charge in [-0.2, -0.15) is 0 Å². The number of carbonyl (C=O) groups is 2. The van der Waals surface area contributed by atoms with Crippen molar-refractivity contribution in [1.82, 2.24) is 10.6 Å². The standard InChI is InChI=1S/C20H28N2O4/c1-5-7-16(6-2)13-26-18-10-8-17(9-11-18)12-21-20(24)19(14-25-4)22-15(3)23/h5-11,19H,12-14H2,1-4H3,(H,21,24)(H,22,23)/b7-5-,16-6+/t19-/m1/s1. The van der Waals surface area contributed by atoms with Crippen LogP contribution in [0.4, 0.5) is 0 Å². The third-order valence-electron chi connectivity index (χ3n) is 3.57. The maximum atomic E-state index is 12.1. The Balaban J connectivity index is 2.53. The topological polar surface area (TPSA) is 76.7 Å². The van der Waals surface area contributed by atoms with Gasteiger partial charge in [-0.1, -0.05) is 30.4 Å². The Morgan fingerprint density at radius 1 is 1.19 bits per heavy atom. The highest BCUT2D eigenvalue weighted by Crippen LogP contribution is 2.13. The smallest absolute Gasteiger partial charge is 0.245 e. The lowest BCUT2D eigenvalue weighted by Crippen LogP contribution is -2.48. The summed E-state index contributed by atoms with van der Waals surface area (Å²) in [6.07, 6.45) is 5.99. The Bertz CT molecular complexity index is 636. The fourth-order valence-corrected chi connectivity index (χ4v) is 2.22. The van der Waals surface area contributed by atoms with Gasteiger partial charge in [0, 0.05) is 20.6 Å². The number of allylic oxidation sites excluding steroid dienone is 2. The van der Waals surface area contributed by atoms with Gasteiger partial charge in [0.15, 0.2) is 0 Å². The average Bonchev–Trinajstić information content (AvgIpc) is 2.63. The number of carbonyl (C=O) groups excluding carboxylic acids is 2. The number of amides is 2. The van der Waals surface area contributed by atoms with Gasteiger partial charge < -0.3 is 20.1 Å². The summed E-state index contributed by atoms with van der Waals surface area (Å²) in [5.74, 6) is 0.202. The fraction of sp³-hybridized carbons (Fsp3) is 0.400. The van der Waals surface area contributed by atoms with E-state index in [4.69, 9.17) is 9.47 Å². The number of benzene rings is 1. The Labute approximate surface area is 155 Å². The van der Waals surface area contributed by atoms with Gasteiger partial charge in [-0.15, -0.1) is 0 Å². The van der Waals surface area contributed by atoms with Crippen LogP contribution in [0.25, 0.3) is 0 Å². The number of hydrogen-bond acceptors (Lipinski definition) is 4. The van der Waals surface area contributed by atoms with E-state index < -0.39 is 6.04 Å². The van der Waals surface area contributed by atoms with Crippen molar-refractivity contribution >= 4 is 11.8 Å². The Morgan fingerprint density at radius 2 is 1.88 bits per heavy atom. The van der Waals surface area contributed by atoms with Crippen LogP contribution < -0.4 is 15.4 Å². The molecule has 2 N–H and O–H groups in total. The predicted molar refractivity (Wildman–Crippen MR) is 102 cm³/mol. The number of ether oxygens (including phenoxy) is 2. The molecule has 0 fully saturated rings. The minimum absolute atomic E-state index is 0.123. The molecule has 0 spiro atoms. The number of rotatable bonds is 10. The molecule has 2 amide bonds. The molecule has 0 radical (unpaired) electrons. The highest BCUT2D eigenvalue weighted by molar-refractivity contribution is 5.86. The predicted octanol–water partition coefficient (Wildman–Crippen LogP) is 2.36. The van der Waals surface area contributed by atoms with Crippen LogP contribution in [-0.2, 0) is 20.9 Å². The molecule has 1 aromatic carbocycles. The third-order valence-corrected chi connectivity index (χ3v) is 3.57. The largest absolute Gasteiger partial charge is 0.489 e. The van der Waals surface area contributed by atoms with E-state index in [9.17, 15) is 9.59 Å². The second-order valence-corrected chi connectivity index (χ2v) is 5.72. The van der Waals surface area contributed by atoms with Crippen molar-refractivity contribution in [3.8, 4) is 5.75 Å². The Kier molecular flexibility index (Phi) is 9.79. The summed E-state index contributed by atoms with van der Waals surface area (Å²) in [4.78, 5) is 23.3. The summed E-state index contributed by atoms with van der Waals surface area (Å²) >= 11 is 0. The van der Waals surface area contributed by atoms with Crippen LogP contribution >= 0.6 is 0 Å². The molecule has 1 aromatic rings. The Morgan fingerprint density at radius 3 is 2.42 bits per heavy atom. The molecule has 1 rings (SSSR count). The van der Waals surface area contributed by atoms with Gasteiger partial charge in [-0.25, -0.2) is 0 Å². The molecule has 0 aliphatic heterocycles. The van der Waals surface area contributed by atoms with E-state index in [1.165, 1.54) is 14.0 Å².